The van der Waals surface area contributed by atoms with Crippen molar-refractivity contribution in [2.24, 2.45) is 5.92 Å². The van der Waals surface area contributed by atoms with Crippen molar-refractivity contribution in [3.8, 4) is 0 Å². The number of hydrogen-bond donors (Lipinski definition) is 1. The van der Waals surface area contributed by atoms with Crippen LogP contribution in [0.1, 0.15) is 18.9 Å². The molecule has 1 fully saturated rings. The van der Waals surface area contributed by atoms with E-state index in [0.29, 0.717) is 12.0 Å². The highest BCUT2D eigenvalue weighted by molar-refractivity contribution is 5.16. The van der Waals surface area contributed by atoms with Crippen LogP contribution >= 0.6 is 0 Å². The molecule has 1 saturated heterocycles. The average molecular weight is 236 g/mol. The first kappa shape index (κ1) is 12.5. The highest BCUT2D eigenvalue weighted by atomic mass is 19.1. The first-order chi connectivity index (χ1) is 8.19. The van der Waals surface area contributed by atoms with E-state index < -0.39 is 0 Å². The summed E-state index contributed by atoms with van der Waals surface area (Å²) in [5.74, 6) is 0.517. The first-order valence-electron chi connectivity index (χ1n) is 6.33. The fourth-order valence-electron chi connectivity index (χ4n) is 2.70. The van der Waals surface area contributed by atoms with E-state index in [2.05, 4.69) is 17.1 Å². The van der Waals surface area contributed by atoms with Crippen LogP contribution in [-0.4, -0.2) is 31.1 Å². The molecular weight excluding hydrogens is 215 g/mol. The van der Waals surface area contributed by atoms with Gasteiger partial charge in [-0.3, -0.25) is 4.90 Å². The van der Waals surface area contributed by atoms with E-state index in [1.54, 1.807) is 12.1 Å². The number of rotatable bonds is 3. The Labute approximate surface area is 103 Å². The summed E-state index contributed by atoms with van der Waals surface area (Å²) in [6.45, 7) is 5.31. The molecule has 1 N–H and O–H groups in total. The summed E-state index contributed by atoms with van der Waals surface area (Å²) in [6, 6.07) is 7.54. The van der Waals surface area contributed by atoms with Crippen LogP contribution in [0.15, 0.2) is 24.3 Å². The third kappa shape index (κ3) is 3.27. The third-order valence-corrected chi connectivity index (χ3v) is 3.66. The fourth-order valence-corrected chi connectivity index (χ4v) is 2.70. The molecule has 1 aromatic carbocycles. The zero-order chi connectivity index (χ0) is 12.3. The number of piperidine rings is 1. The van der Waals surface area contributed by atoms with Crippen LogP contribution in [0.25, 0.3) is 0 Å². The normalized spacial score (nSPS) is 26.1. The second-order valence-electron chi connectivity index (χ2n) is 5.03. The lowest BCUT2D eigenvalue weighted by molar-refractivity contribution is 0.145. The second kappa shape index (κ2) is 5.61. The van der Waals surface area contributed by atoms with E-state index >= 15 is 0 Å². The number of halogens is 1. The molecule has 1 heterocycles. The van der Waals surface area contributed by atoms with Gasteiger partial charge >= 0.3 is 0 Å². The number of hydrogen-bond acceptors (Lipinski definition) is 2. The van der Waals surface area contributed by atoms with Crippen LogP contribution in [0.5, 0.6) is 0 Å². The molecule has 2 unspecified atom stereocenters. The lowest BCUT2D eigenvalue weighted by Gasteiger charge is -2.36. The van der Waals surface area contributed by atoms with Gasteiger partial charge in [0.05, 0.1) is 0 Å². The molecule has 3 heteroatoms. The summed E-state index contributed by atoms with van der Waals surface area (Å²) >= 11 is 0. The Bertz CT molecular complexity index is 367. The largest absolute Gasteiger partial charge is 0.317 e. The van der Waals surface area contributed by atoms with Crippen LogP contribution in [0.2, 0.25) is 0 Å². The van der Waals surface area contributed by atoms with Gasteiger partial charge in [-0.1, -0.05) is 19.1 Å². The highest BCUT2D eigenvalue weighted by Gasteiger charge is 2.24. The smallest absolute Gasteiger partial charge is 0.123 e. The Morgan fingerprint density at radius 3 is 2.94 bits per heavy atom. The molecular formula is C14H21FN2. The van der Waals surface area contributed by atoms with E-state index in [1.807, 2.05) is 13.1 Å². The molecule has 0 spiro atoms. The maximum atomic E-state index is 13.1. The van der Waals surface area contributed by atoms with Gasteiger partial charge in [-0.15, -0.1) is 0 Å². The Morgan fingerprint density at radius 2 is 2.29 bits per heavy atom. The van der Waals surface area contributed by atoms with Crippen molar-refractivity contribution in [1.29, 1.82) is 0 Å². The summed E-state index contributed by atoms with van der Waals surface area (Å²) in [5.41, 5.74) is 1.07. The standard InChI is InChI=1S/C14H21FN2/c1-11-9-17(7-6-14(11)16-2)10-12-4-3-5-13(15)8-12/h3-5,8,11,14,16H,6-7,9-10H2,1-2H3. The summed E-state index contributed by atoms with van der Waals surface area (Å²) < 4.78 is 13.1. The minimum absolute atomic E-state index is 0.138. The number of nitrogens with one attached hydrogen (secondary N) is 1. The van der Waals surface area contributed by atoms with Gasteiger partial charge in [0, 0.05) is 19.1 Å². The molecule has 0 amide bonds. The van der Waals surface area contributed by atoms with Crippen LogP contribution in [0, 0.1) is 11.7 Å². The van der Waals surface area contributed by atoms with Crippen LogP contribution < -0.4 is 5.32 Å². The molecule has 0 aromatic heterocycles. The van der Waals surface area contributed by atoms with Crippen molar-refractivity contribution in [3.63, 3.8) is 0 Å². The maximum absolute atomic E-state index is 13.1. The predicted molar refractivity (Wildman–Crippen MR) is 68.3 cm³/mol. The SMILES string of the molecule is CNC1CCN(Cc2cccc(F)c2)CC1C. The van der Waals surface area contributed by atoms with E-state index in [9.17, 15) is 4.39 Å². The van der Waals surface area contributed by atoms with Gasteiger partial charge in [-0.2, -0.15) is 0 Å². The van der Waals surface area contributed by atoms with Crippen LogP contribution in [0.3, 0.4) is 0 Å². The summed E-state index contributed by atoms with van der Waals surface area (Å²) in [5, 5.41) is 3.36. The zero-order valence-corrected chi connectivity index (χ0v) is 10.6. The first-order valence-corrected chi connectivity index (χ1v) is 6.33. The Kier molecular flexibility index (Phi) is 4.13. The van der Waals surface area contributed by atoms with Crippen molar-refractivity contribution < 1.29 is 4.39 Å². The van der Waals surface area contributed by atoms with Gasteiger partial charge in [0.15, 0.2) is 0 Å². The average Bonchev–Trinajstić information content (AvgIpc) is 2.29. The van der Waals surface area contributed by atoms with Crippen molar-refractivity contribution in [2.75, 3.05) is 20.1 Å². The van der Waals surface area contributed by atoms with Gasteiger partial charge in [0.25, 0.3) is 0 Å². The zero-order valence-electron chi connectivity index (χ0n) is 10.6. The minimum atomic E-state index is -0.138. The molecule has 2 rings (SSSR count). The molecule has 0 radical (unpaired) electrons. The molecule has 1 aliphatic rings. The van der Waals surface area contributed by atoms with Crippen molar-refractivity contribution in [3.05, 3.63) is 35.6 Å². The van der Waals surface area contributed by atoms with Gasteiger partial charge in [-0.05, 0) is 43.6 Å². The van der Waals surface area contributed by atoms with E-state index in [4.69, 9.17) is 0 Å². The minimum Gasteiger partial charge on any atom is -0.317 e. The molecule has 0 bridgehead atoms. The molecule has 2 nitrogen and oxygen atoms in total. The Morgan fingerprint density at radius 1 is 1.47 bits per heavy atom. The number of benzene rings is 1. The fraction of sp³-hybridized carbons (Fsp3) is 0.571. The molecule has 0 saturated carbocycles. The van der Waals surface area contributed by atoms with Crippen LogP contribution in [0.4, 0.5) is 4.39 Å². The van der Waals surface area contributed by atoms with E-state index in [0.717, 1.165) is 25.2 Å². The van der Waals surface area contributed by atoms with Gasteiger partial charge in [-0.25, -0.2) is 4.39 Å². The van der Waals surface area contributed by atoms with Gasteiger partial charge in [0.1, 0.15) is 5.82 Å². The summed E-state index contributed by atoms with van der Waals surface area (Å²) in [6.07, 6.45) is 1.17. The molecule has 2 atom stereocenters. The predicted octanol–water partition coefficient (Wildman–Crippen LogP) is 2.26. The Balaban J connectivity index is 1.93. The van der Waals surface area contributed by atoms with Crippen molar-refractivity contribution >= 4 is 0 Å². The van der Waals surface area contributed by atoms with Crippen molar-refractivity contribution in [1.82, 2.24) is 10.2 Å². The highest BCUT2D eigenvalue weighted by Crippen LogP contribution is 2.18. The molecule has 94 valence electrons. The van der Waals surface area contributed by atoms with Crippen LogP contribution in [-0.2, 0) is 6.54 Å². The molecule has 1 aliphatic heterocycles. The second-order valence-corrected chi connectivity index (χ2v) is 5.03. The quantitative estimate of drug-likeness (QED) is 0.866. The molecule has 0 aliphatic carbocycles. The van der Waals surface area contributed by atoms with E-state index in [-0.39, 0.29) is 5.82 Å². The van der Waals surface area contributed by atoms with Gasteiger partial charge < -0.3 is 5.32 Å². The van der Waals surface area contributed by atoms with E-state index in [1.165, 1.54) is 12.5 Å². The molecule has 17 heavy (non-hydrogen) atoms. The monoisotopic (exact) mass is 236 g/mol. The summed E-state index contributed by atoms with van der Waals surface area (Å²) in [7, 11) is 2.03. The number of nitrogens with zero attached hydrogens (tertiary/aromatic N) is 1. The lowest BCUT2D eigenvalue weighted by atomic mass is 9.94. The lowest BCUT2D eigenvalue weighted by Crippen LogP contribution is -2.46. The topological polar surface area (TPSA) is 15.3 Å². The van der Waals surface area contributed by atoms with Crippen molar-refractivity contribution in [2.45, 2.75) is 25.9 Å². The van der Waals surface area contributed by atoms with Gasteiger partial charge in [0.2, 0.25) is 0 Å². The number of likely N-dealkylation sites (tertiary alicyclic amines) is 1. The maximum Gasteiger partial charge on any atom is 0.123 e. The summed E-state index contributed by atoms with van der Waals surface area (Å²) in [4.78, 5) is 2.41. The third-order valence-electron chi connectivity index (χ3n) is 3.66. The Hall–Kier alpha value is -0.930. The molecule has 1 aromatic rings.